The average Bonchev–Trinajstić information content (AvgIpc) is 2.26. The molecule has 1 saturated carbocycles. The van der Waals surface area contributed by atoms with Gasteiger partial charge in [0.05, 0.1) is 31.5 Å². The Morgan fingerprint density at radius 3 is 2.47 bits per heavy atom. The van der Waals surface area contributed by atoms with Crippen LogP contribution in [0.5, 0.6) is 0 Å². The number of aliphatic hydroxyl groups is 2. The Balaban J connectivity index is 2.02. The summed E-state index contributed by atoms with van der Waals surface area (Å²) in [7, 11) is 0. The van der Waals surface area contributed by atoms with E-state index >= 15 is 0 Å². The third-order valence-corrected chi connectivity index (χ3v) is 4.32. The van der Waals surface area contributed by atoms with E-state index in [1.807, 2.05) is 0 Å². The fourth-order valence-corrected chi connectivity index (χ4v) is 3.03. The van der Waals surface area contributed by atoms with E-state index in [1.165, 1.54) is 0 Å². The van der Waals surface area contributed by atoms with E-state index < -0.39 is 12.2 Å². The molecule has 0 aromatic heterocycles. The number of rotatable bonds is 1. The second kappa shape index (κ2) is 5.10. The van der Waals surface area contributed by atoms with Gasteiger partial charge in [-0.2, -0.15) is 0 Å². The van der Waals surface area contributed by atoms with Crippen LogP contribution in [0.2, 0.25) is 0 Å². The molecule has 4 nitrogen and oxygen atoms in total. The Kier molecular flexibility index (Phi) is 4.01. The molecule has 2 aliphatic rings. The molecule has 0 spiro atoms. The summed E-state index contributed by atoms with van der Waals surface area (Å²) in [6.45, 7) is 3.00. The van der Waals surface area contributed by atoms with Crippen LogP contribution in [0.3, 0.4) is 0 Å². The van der Waals surface area contributed by atoms with Crippen LogP contribution >= 0.6 is 15.9 Å². The molecule has 0 aromatic carbocycles. The predicted octanol–water partition coefficient (Wildman–Crippen LogP) is -0.0337. The molecule has 1 saturated heterocycles. The molecule has 1 heterocycles. The van der Waals surface area contributed by atoms with Gasteiger partial charge in [0.1, 0.15) is 0 Å². The van der Waals surface area contributed by atoms with Crippen molar-refractivity contribution in [1.29, 1.82) is 0 Å². The Morgan fingerprint density at radius 2 is 1.80 bits per heavy atom. The Bertz CT molecular complexity index is 211. The van der Waals surface area contributed by atoms with Gasteiger partial charge in [-0.1, -0.05) is 15.9 Å². The summed E-state index contributed by atoms with van der Waals surface area (Å²) < 4.78 is 5.27. The monoisotopic (exact) mass is 279 g/mol. The normalized spacial score (nSPS) is 44.2. The quantitative estimate of drug-likeness (QED) is 0.662. The van der Waals surface area contributed by atoms with Crippen LogP contribution < -0.4 is 0 Å². The van der Waals surface area contributed by atoms with Gasteiger partial charge in [0.2, 0.25) is 0 Å². The number of hydrogen-bond acceptors (Lipinski definition) is 4. The fourth-order valence-electron chi connectivity index (χ4n) is 2.45. The molecule has 2 N–H and O–H groups in total. The highest BCUT2D eigenvalue weighted by atomic mass is 79.9. The SMILES string of the molecule is O[C@H]1[C@@H](N2CCOCC2)[C@H](O)CC[C@@H]1Br. The first kappa shape index (κ1) is 11.8. The van der Waals surface area contributed by atoms with Crippen molar-refractivity contribution in [2.75, 3.05) is 26.3 Å². The summed E-state index contributed by atoms with van der Waals surface area (Å²) >= 11 is 3.47. The molecule has 2 fully saturated rings. The highest BCUT2D eigenvalue weighted by Gasteiger charge is 2.40. The summed E-state index contributed by atoms with van der Waals surface area (Å²) in [5.74, 6) is 0. The number of hydrogen-bond donors (Lipinski definition) is 2. The highest BCUT2D eigenvalue weighted by molar-refractivity contribution is 9.09. The van der Waals surface area contributed by atoms with Crippen molar-refractivity contribution in [3.63, 3.8) is 0 Å². The summed E-state index contributed by atoms with van der Waals surface area (Å²) in [5.41, 5.74) is 0. The van der Waals surface area contributed by atoms with Gasteiger partial charge >= 0.3 is 0 Å². The molecule has 15 heavy (non-hydrogen) atoms. The second-order valence-electron chi connectivity index (χ2n) is 4.29. The molecule has 0 bridgehead atoms. The molecule has 1 aliphatic heterocycles. The maximum absolute atomic E-state index is 10.1. The van der Waals surface area contributed by atoms with Gasteiger partial charge in [-0.05, 0) is 12.8 Å². The van der Waals surface area contributed by atoms with Crippen molar-refractivity contribution in [3.05, 3.63) is 0 Å². The zero-order chi connectivity index (χ0) is 10.8. The molecule has 1 aliphatic carbocycles. The minimum absolute atomic E-state index is 0.105. The summed E-state index contributed by atoms with van der Waals surface area (Å²) in [6.07, 6.45) is 0.705. The highest BCUT2D eigenvalue weighted by Crippen LogP contribution is 2.29. The summed E-state index contributed by atoms with van der Waals surface area (Å²) in [4.78, 5) is 2.25. The first-order valence-corrected chi connectivity index (χ1v) is 6.43. The molecular weight excluding hydrogens is 262 g/mol. The zero-order valence-electron chi connectivity index (χ0n) is 8.68. The number of alkyl halides is 1. The molecule has 2 rings (SSSR count). The smallest absolute Gasteiger partial charge is 0.0845 e. The lowest BCUT2D eigenvalue weighted by Gasteiger charge is -2.44. The van der Waals surface area contributed by atoms with Crippen LogP contribution in [0.15, 0.2) is 0 Å². The number of nitrogens with zero attached hydrogens (tertiary/aromatic N) is 1. The molecule has 0 aromatic rings. The lowest BCUT2D eigenvalue weighted by molar-refractivity contribution is -0.0822. The minimum atomic E-state index is -0.480. The third kappa shape index (κ3) is 2.53. The van der Waals surface area contributed by atoms with Crippen molar-refractivity contribution in [3.8, 4) is 0 Å². The predicted molar refractivity (Wildman–Crippen MR) is 60.1 cm³/mol. The van der Waals surface area contributed by atoms with Crippen LogP contribution in [-0.4, -0.2) is 64.5 Å². The van der Waals surface area contributed by atoms with E-state index in [-0.39, 0.29) is 10.9 Å². The molecule has 0 radical (unpaired) electrons. The first-order chi connectivity index (χ1) is 7.20. The lowest BCUT2D eigenvalue weighted by Crippen LogP contribution is -2.59. The lowest BCUT2D eigenvalue weighted by atomic mass is 9.88. The van der Waals surface area contributed by atoms with Gasteiger partial charge in [-0.3, -0.25) is 4.90 Å². The topological polar surface area (TPSA) is 52.9 Å². The largest absolute Gasteiger partial charge is 0.391 e. The molecule has 4 atom stereocenters. The van der Waals surface area contributed by atoms with Crippen molar-refractivity contribution in [2.45, 2.75) is 35.9 Å². The molecule has 5 heteroatoms. The zero-order valence-corrected chi connectivity index (χ0v) is 10.3. The van der Waals surface area contributed by atoms with E-state index in [2.05, 4.69) is 20.8 Å². The number of aliphatic hydroxyl groups excluding tert-OH is 2. The fraction of sp³-hybridized carbons (Fsp3) is 1.00. The number of morpholine rings is 1. The van der Waals surface area contributed by atoms with Gasteiger partial charge in [-0.15, -0.1) is 0 Å². The van der Waals surface area contributed by atoms with E-state index in [0.717, 1.165) is 25.9 Å². The van der Waals surface area contributed by atoms with Crippen molar-refractivity contribution in [2.24, 2.45) is 0 Å². The summed E-state index contributed by atoms with van der Waals surface area (Å²) in [6, 6.07) is -0.132. The van der Waals surface area contributed by atoms with Crippen LogP contribution in [0.25, 0.3) is 0 Å². The number of halogens is 1. The van der Waals surface area contributed by atoms with Crippen molar-refractivity contribution < 1.29 is 14.9 Å². The standard InChI is InChI=1S/C10H18BrNO3/c11-7-1-2-8(13)9(10(7)14)12-3-5-15-6-4-12/h7-10,13-14H,1-6H2/t7-,8+,9-,10+/m0/s1. The van der Waals surface area contributed by atoms with Crippen LogP contribution in [0.4, 0.5) is 0 Å². The summed E-state index contributed by atoms with van der Waals surface area (Å²) in [5, 5.41) is 20.0. The maximum atomic E-state index is 10.1. The van der Waals surface area contributed by atoms with E-state index in [1.54, 1.807) is 0 Å². The van der Waals surface area contributed by atoms with E-state index in [9.17, 15) is 10.2 Å². The maximum Gasteiger partial charge on any atom is 0.0845 e. The molecule has 0 unspecified atom stereocenters. The minimum Gasteiger partial charge on any atom is -0.391 e. The number of ether oxygens (including phenoxy) is 1. The van der Waals surface area contributed by atoms with E-state index in [4.69, 9.17) is 4.74 Å². The molecule has 0 amide bonds. The Hall–Kier alpha value is 0.320. The van der Waals surface area contributed by atoms with Gasteiger partial charge in [0, 0.05) is 17.9 Å². The van der Waals surface area contributed by atoms with Crippen molar-refractivity contribution in [1.82, 2.24) is 4.90 Å². The van der Waals surface area contributed by atoms with Gasteiger partial charge in [-0.25, -0.2) is 0 Å². The molecular formula is C10H18BrNO3. The second-order valence-corrected chi connectivity index (χ2v) is 5.47. The van der Waals surface area contributed by atoms with Crippen molar-refractivity contribution >= 4 is 15.9 Å². The Morgan fingerprint density at radius 1 is 1.13 bits per heavy atom. The first-order valence-electron chi connectivity index (χ1n) is 5.52. The Labute approximate surface area is 98.3 Å². The van der Waals surface area contributed by atoms with Gasteiger partial charge in [0.15, 0.2) is 0 Å². The van der Waals surface area contributed by atoms with Crippen LogP contribution in [0.1, 0.15) is 12.8 Å². The van der Waals surface area contributed by atoms with E-state index in [0.29, 0.717) is 13.2 Å². The van der Waals surface area contributed by atoms with Crippen LogP contribution in [-0.2, 0) is 4.74 Å². The van der Waals surface area contributed by atoms with Crippen LogP contribution in [0, 0.1) is 0 Å². The van der Waals surface area contributed by atoms with Gasteiger partial charge in [0.25, 0.3) is 0 Å². The average molecular weight is 280 g/mol. The van der Waals surface area contributed by atoms with Gasteiger partial charge < -0.3 is 14.9 Å². The third-order valence-electron chi connectivity index (χ3n) is 3.32. The molecule has 88 valence electrons.